The van der Waals surface area contributed by atoms with Crippen LogP contribution in [0.2, 0.25) is 0 Å². The van der Waals surface area contributed by atoms with Gasteiger partial charge in [0.25, 0.3) is 0 Å². The van der Waals surface area contributed by atoms with E-state index in [0.717, 1.165) is 12.0 Å². The average Bonchev–Trinajstić information content (AvgIpc) is 2.52. The van der Waals surface area contributed by atoms with Crippen LogP contribution in [0.5, 0.6) is 0 Å². The Labute approximate surface area is 136 Å². The maximum absolute atomic E-state index is 11.2. The lowest BCUT2D eigenvalue weighted by Crippen LogP contribution is -2.31. The number of carboxylic acid groups (broad SMARTS) is 1. The molecule has 0 aliphatic rings. The number of carbonyl (C=O) groups is 2. The molecule has 7 nitrogen and oxygen atoms in total. The van der Waals surface area contributed by atoms with Crippen molar-refractivity contribution in [1.82, 2.24) is 5.32 Å². The number of carboxylic acids is 1. The van der Waals surface area contributed by atoms with Gasteiger partial charge in [0, 0.05) is 12.1 Å². The van der Waals surface area contributed by atoms with Crippen LogP contribution in [0.25, 0.3) is 0 Å². The van der Waals surface area contributed by atoms with Gasteiger partial charge >= 0.3 is 18.2 Å². The molecule has 0 heterocycles. The third-order valence-corrected chi connectivity index (χ3v) is 2.39. The second-order valence-corrected chi connectivity index (χ2v) is 4.34. The molecule has 134 valence electrons. The number of halogens is 3. The molecule has 1 aromatic rings. The van der Waals surface area contributed by atoms with Crippen LogP contribution in [0.15, 0.2) is 24.3 Å². The van der Waals surface area contributed by atoms with Crippen molar-refractivity contribution in [3.8, 4) is 0 Å². The summed E-state index contributed by atoms with van der Waals surface area (Å²) in [6.07, 6.45) is -4.92. The highest BCUT2D eigenvalue weighted by molar-refractivity contribution is 6.04. The van der Waals surface area contributed by atoms with Crippen molar-refractivity contribution in [3.05, 3.63) is 35.4 Å². The van der Waals surface area contributed by atoms with Gasteiger partial charge in [0.15, 0.2) is 0 Å². The van der Waals surface area contributed by atoms with Crippen LogP contribution >= 0.6 is 0 Å². The molecule has 0 fully saturated rings. The largest absolute Gasteiger partial charge is 0.490 e. The van der Waals surface area contributed by atoms with Gasteiger partial charge in [-0.2, -0.15) is 13.2 Å². The standard InChI is InChI=1S/C12H17N3O2.C2HF3O2/c1-2-7-17-12(16)15-11(14)10-5-3-9(8-13)4-6-10;3-2(4,5)1(6)7/h3-6H,2,7-8,13H2,1H3,(H2,14,15,16);(H,6,7). The van der Waals surface area contributed by atoms with Crippen molar-refractivity contribution in [3.63, 3.8) is 0 Å². The number of hydrogen-bond donors (Lipinski definition) is 4. The highest BCUT2D eigenvalue weighted by Crippen LogP contribution is 2.13. The van der Waals surface area contributed by atoms with E-state index in [9.17, 15) is 18.0 Å². The summed E-state index contributed by atoms with van der Waals surface area (Å²) in [5, 5.41) is 17.2. The predicted octanol–water partition coefficient (Wildman–Crippen LogP) is 2.24. The van der Waals surface area contributed by atoms with Crippen LogP contribution in [0.4, 0.5) is 18.0 Å². The Bertz CT molecular complexity index is 559. The molecule has 0 spiro atoms. The van der Waals surface area contributed by atoms with Crippen molar-refractivity contribution < 1.29 is 32.6 Å². The molecule has 0 aliphatic heterocycles. The summed E-state index contributed by atoms with van der Waals surface area (Å²) in [4.78, 5) is 20.1. The molecule has 1 rings (SSSR count). The second-order valence-electron chi connectivity index (χ2n) is 4.34. The Morgan fingerprint density at radius 2 is 1.79 bits per heavy atom. The maximum atomic E-state index is 11.2. The first kappa shape index (κ1) is 21.4. The topological polar surface area (TPSA) is 126 Å². The van der Waals surface area contributed by atoms with E-state index in [1.807, 2.05) is 19.1 Å². The maximum Gasteiger partial charge on any atom is 0.490 e. The first-order valence-corrected chi connectivity index (χ1v) is 6.73. The molecule has 0 saturated carbocycles. The van der Waals surface area contributed by atoms with Gasteiger partial charge in [0.05, 0.1) is 6.61 Å². The molecule has 0 unspecified atom stereocenters. The van der Waals surface area contributed by atoms with Gasteiger partial charge in [-0.05, 0) is 12.0 Å². The minimum Gasteiger partial charge on any atom is -0.475 e. The van der Waals surface area contributed by atoms with Crippen molar-refractivity contribution in [2.24, 2.45) is 5.73 Å². The second kappa shape index (κ2) is 10.2. The van der Waals surface area contributed by atoms with E-state index in [1.54, 1.807) is 12.1 Å². The van der Waals surface area contributed by atoms with Crippen molar-refractivity contribution in [2.75, 3.05) is 6.61 Å². The highest BCUT2D eigenvalue weighted by Gasteiger charge is 2.38. The van der Waals surface area contributed by atoms with E-state index in [1.165, 1.54) is 0 Å². The number of alkyl halides is 3. The zero-order chi connectivity index (χ0) is 18.8. The van der Waals surface area contributed by atoms with Gasteiger partial charge in [-0.25, -0.2) is 9.59 Å². The minimum absolute atomic E-state index is 0.0228. The van der Waals surface area contributed by atoms with E-state index < -0.39 is 18.2 Å². The number of hydrogen-bond acceptors (Lipinski definition) is 5. The van der Waals surface area contributed by atoms with Crippen LogP contribution in [0.1, 0.15) is 24.5 Å². The number of benzene rings is 1. The third-order valence-electron chi connectivity index (χ3n) is 2.39. The number of amides is 1. The number of ether oxygens (including phenoxy) is 1. The number of nitrogens with one attached hydrogen (secondary N) is 2. The molecule has 0 bridgehead atoms. The lowest BCUT2D eigenvalue weighted by atomic mass is 10.1. The van der Waals surface area contributed by atoms with E-state index in [0.29, 0.717) is 18.7 Å². The molecule has 5 N–H and O–H groups in total. The molecule has 0 aromatic heterocycles. The van der Waals surface area contributed by atoms with Gasteiger partial charge < -0.3 is 15.6 Å². The first-order valence-electron chi connectivity index (χ1n) is 6.73. The molecule has 0 radical (unpaired) electrons. The molecular formula is C14H18F3N3O4. The van der Waals surface area contributed by atoms with Crippen LogP contribution in [0.3, 0.4) is 0 Å². The normalized spacial score (nSPS) is 10.2. The van der Waals surface area contributed by atoms with Gasteiger partial charge in [0.2, 0.25) is 0 Å². The quantitative estimate of drug-likeness (QED) is 0.490. The number of alkyl carbamates (subject to hydrolysis) is 1. The van der Waals surface area contributed by atoms with Crippen molar-refractivity contribution in [1.29, 1.82) is 5.41 Å². The summed E-state index contributed by atoms with van der Waals surface area (Å²) < 4.78 is 36.6. The minimum atomic E-state index is -5.08. The van der Waals surface area contributed by atoms with Crippen molar-refractivity contribution in [2.45, 2.75) is 26.1 Å². The smallest absolute Gasteiger partial charge is 0.475 e. The van der Waals surface area contributed by atoms with Gasteiger partial charge in [-0.1, -0.05) is 31.2 Å². The van der Waals surface area contributed by atoms with E-state index in [4.69, 9.17) is 25.8 Å². The SMILES string of the molecule is CCCOC(=O)NC(=N)c1ccc(CN)cc1.O=C(O)C(F)(F)F. The molecule has 1 amide bonds. The van der Waals surface area contributed by atoms with Crippen molar-refractivity contribution >= 4 is 17.9 Å². The summed E-state index contributed by atoms with van der Waals surface area (Å²) in [5.41, 5.74) is 7.07. The fourth-order valence-corrected chi connectivity index (χ4v) is 1.21. The zero-order valence-electron chi connectivity index (χ0n) is 12.8. The van der Waals surface area contributed by atoms with E-state index in [-0.39, 0.29) is 5.84 Å². The fraction of sp³-hybridized carbons (Fsp3) is 0.357. The Balaban J connectivity index is 0.000000640. The molecule has 24 heavy (non-hydrogen) atoms. The number of carbonyl (C=O) groups excluding carboxylic acids is 1. The molecule has 0 saturated heterocycles. The van der Waals surface area contributed by atoms with Crippen LogP contribution in [-0.2, 0) is 16.1 Å². The third kappa shape index (κ3) is 8.73. The number of nitrogens with two attached hydrogens (primary N) is 1. The van der Waals surface area contributed by atoms with Gasteiger partial charge in [-0.3, -0.25) is 10.7 Å². The Morgan fingerprint density at radius 3 is 2.17 bits per heavy atom. The number of amidine groups is 1. The Kier molecular flexibility index (Phi) is 9.10. The van der Waals surface area contributed by atoms with Gasteiger partial charge in [-0.15, -0.1) is 0 Å². The molecular weight excluding hydrogens is 331 g/mol. The Hall–Kier alpha value is -2.62. The number of rotatable bonds is 4. The Morgan fingerprint density at radius 1 is 1.29 bits per heavy atom. The molecule has 10 heteroatoms. The fourth-order valence-electron chi connectivity index (χ4n) is 1.21. The van der Waals surface area contributed by atoms with E-state index >= 15 is 0 Å². The number of aliphatic carboxylic acids is 1. The van der Waals surface area contributed by atoms with Crippen LogP contribution in [-0.4, -0.2) is 35.8 Å². The molecule has 0 atom stereocenters. The van der Waals surface area contributed by atoms with E-state index in [2.05, 4.69) is 5.32 Å². The lowest BCUT2D eigenvalue weighted by molar-refractivity contribution is -0.192. The average molecular weight is 349 g/mol. The van der Waals surface area contributed by atoms with Gasteiger partial charge in [0.1, 0.15) is 5.84 Å². The highest BCUT2D eigenvalue weighted by atomic mass is 19.4. The van der Waals surface area contributed by atoms with Crippen LogP contribution in [0, 0.1) is 5.41 Å². The summed E-state index contributed by atoms with van der Waals surface area (Å²) in [5.74, 6) is -2.73. The monoisotopic (exact) mass is 349 g/mol. The summed E-state index contributed by atoms with van der Waals surface area (Å²) in [6.45, 7) is 2.72. The molecule has 1 aromatic carbocycles. The first-order chi connectivity index (χ1) is 11.1. The van der Waals surface area contributed by atoms with Crippen LogP contribution < -0.4 is 11.1 Å². The summed E-state index contributed by atoms with van der Waals surface area (Å²) >= 11 is 0. The molecule has 0 aliphatic carbocycles. The summed E-state index contributed by atoms with van der Waals surface area (Å²) in [6, 6.07) is 7.13. The summed E-state index contributed by atoms with van der Waals surface area (Å²) in [7, 11) is 0. The lowest BCUT2D eigenvalue weighted by Gasteiger charge is -2.07. The predicted molar refractivity (Wildman–Crippen MR) is 79.6 cm³/mol. The zero-order valence-corrected chi connectivity index (χ0v) is 12.8.